The lowest BCUT2D eigenvalue weighted by molar-refractivity contribution is 0.742. The number of benzene rings is 1. The molecule has 0 unspecified atom stereocenters. The molecule has 0 aliphatic carbocycles. The molecule has 0 bridgehead atoms. The van der Waals surface area contributed by atoms with Gasteiger partial charge in [0.2, 0.25) is 6.19 Å². The first-order valence-electron chi connectivity index (χ1n) is 3.12. The molecule has 0 atom stereocenters. The van der Waals surface area contributed by atoms with Crippen LogP contribution in [0.2, 0.25) is 0 Å². The minimum Gasteiger partial charge on any atom is -0.170 e. The Morgan fingerprint density at radius 3 is 2.33 bits per heavy atom. The summed E-state index contributed by atoms with van der Waals surface area (Å²) >= 11 is 0. The van der Waals surface area contributed by atoms with Gasteiger partial charge in [0.1, 0.15) is 0 Å². The van der Waals surface area contributed by atoms with Crippen molar-refractivity contribution in [2.24, 2.45) is 4.74 Å². The van der Waals surface area contributed by atoms with Crippen LogP contribution in [0.4, 0.5) is 8.39 Å². The lowest BCUT2D eigenvalue weighted by atomic mass is 10.4. The third-order valence-corrected chi connectivity index (χ3v) is 2.50. The van der Waals surface area contributed by atoms with Crippen LogP contribution >= 0.6 is 7.68 Å². The molecule has 0 radical (unpaired) electrons. The fourth-order valence-electron chi connectivity index (χ4n) is 0.721. The molecule has 0 saturated carbocycles. The molecule has 0 fully saturated rings. The van der Waals surface area contributed by atoms with Gasteiger partial charge in [-0.25, -0.2) is 0 Å². The van der Waals surface area contributed by atoms with Gasteiger partial charge in [0.15, 0.2) is 0 Å². The maximum Gasteiger partial charge on any atom is 0.336 e. The van der Waals surface area contributed by atoms with E-state index in [0.717, 1.165) is 6.19 Å². The Bertz CT molecular complexity index is 349. The van der Waals surface area contributed by atoms with E-state index in [1.807, 2.05) is 0 Å². The second kappa shape index (κ2) is 3.46. The van der Waals surface area contributed by atoms with Crippen molar-refractivity contribution in [1.29, 1.82) is 5.26 Å². The van der Waals surface area contributed by atoms with Gasteiger partial charge in [-0.15, -0.1) is 4.74 Å². The number of rotatable bonds is 1. The van der Waals surface area contributed by atoms with Gasteiger partial charge in [-0.1, -0.05) is 18.2 Å². The molecule has 0 amide bonds. The van der Waals surface area contributed by atoms with Gasteiger partial charge in [0.05, 0.1) is 5.30 Å². The Hall–Kier alpha value is -1.20. The monoisotopic (exact) mass is 186 g/mol. The minimum absolute atomic E-state index is 0.161. The Morgan fingerprint density at radius 2 is 1.83 bits per heavy atom. The Labute approximate surface area is 68.8 Å². The first-order chi connectivity index (χ1) is 5.67. The van der Waals surface area contributed by atoms with Crippen molar-refractivity contribution < 1.29 is 8.39 Å². The van der Waals surface area contributed by atoms with Crippen LogP contribution in [-0.4, -0.2) is 0 Å². The molecule has 1 rings (SSSR count). The van der Waals surface area contributed by atoms with Gasteiger partial charge in [-0.2, -0.15) is 13.7 Å². The minimum atomic E-state index is -4.53. The van der Waals surface area contributed by atoms with Crippen LogP contribution in [0.1, 0.15) is 0 Å². The summed E-state index contributed by atoms with van der Waals surface area (Å²) in [6.45, 7) is 0. The topological polar surface area (TPSA) is 36.1 Å². The van der Waals surface area contributed by atoms with Crippen molar-refractivity contribution in [3.05, 3.63) is 30.3 Å². The summed E-state index contributed by atoms with van der Waals surface area (Å²) in [5, 5.41) is 7.83. The van der Waals surface area contributed by atoms with E-state index in [2.05, 4.69) is 4.74 Å². The summed E-state index contributed by atoms with van der Waals surface area (Å²) in [6.07, 6.45) is 1.13. The van der Waals surface area contributed by atoms with Crippen LogP contribution in [0, 0.1) is 11.5 Å². The molecule has 12 heavy (non-hydrogen) atoms. The fourth-order valence-corrected chi connectivity index (χ4v) is 1.48. The van der Waals surface area contributed by atoms with Crippen LogP contribution in [0.15, 0.2) is 35.1 Å². The normalized spacial score (nSPS) is 10.4. The fraction of sp³-hybridized carbons (Fsp3) is 0. The first kappa shape index (κ1) is 8.89. The van der Waals surface area contributed by atoms with Gasteiger partial charge >= 0.3 is 7.68 Å². The summed E-state index contributed by atoms with van der Waals surface area (Å²) in [5.74, 6) is 0. The summed E-state index contributed by atoms with van der Waals surface area (Å²) in [5.41, 5.74) is 0. The van der Waals surface area contributed by atoms with E-state index >= 15 is 0 Å². The van der Waals surface area contributed by atoms with Crippen molar-refractivity contribution in [2.45, 2.75) is 0 Å². The second-order valence-corrected chi connectivity index (χ2v) is 3.70. The van der Waals surface area contributed by atoms with E-state index < -0.39 is 7.68 Å². The number of hydrogen-bond donors (Lipinski definition) is 0. The number of halogens is 2. The predicted octanol–water partition coefficient (Wildman–Crippen LogP) is 2.76. The van der Waals surface area contributed by atoms with Gasteiger partial charge in [0.25, 0.3) is 0 Å². The van der Waals surface area contributed by atoms with Crippen molar-refractivity contribution in [2.75, 3.05) is 0 Å². The molecule has 0 aliphatic rings. The number of nitriles is 1. The third-order valence-electron chi connectivity index (χ3n) is 1.24. The highest BCUT2D eigenvalue weighted by molar-refractivity contribution is 7.63. The summed E-state index contributed by atoms with van der Waals surface area (Å²) < 4.78 is 28.4. The van der Waals surface area contributed by atoms with Crippen LogP contribution in [0.3, 0.4) is 0 Å². The zero-order chi connectivity index (χ0) is 9.03. The SMILES string of the molecule is N#CN=P(F)(F)c1ccccc1. The van der Waals surface area contributed by atoms with Crippen LogP contribution in [0.5, 0.6) is 0 Å². The molecule has 0 aliphatic heterocycles. The van der Waals surface area contributed by atoms with E-state index in [4.69, 9.17) is 5.26 Å². The highest BCUT2D eigenvalue weighted by atomic mass is 31.2. The summed E-state index contributed by atoms with van der Waals surface area (Å²) in [7, 11) is -4.53. The highest BCUT2D eigenvalue weighted by Gasteiger charge is 2.19. The van der Waals surface area contributed by atoms with Crippen molar-refractivity contribution in [1.82, 2.24) is 0 Å². The van der Waals surface area contributed by atoms with E-state index in [-0.39, 0.29) is 5.30 Å². The molecule has 5 heteroatoms. The maximum atomic E-state index is 12.9. The zero-order valence-electron chi connectivity index (χ0n) is 5.98. The summed E-state index contributed by atoms with van der Waals surface area (Å²) in [6, 6.07) is 7.17. The van der Waals surface area contributed by atoms with E-state index in [1.54, 1.807) is 6.07 Å². The number of hydrogen-bond acceptors (Lipinski definition) is 2. The Balaban J connectivity index is 3.17. The molecular weight excluding hydrogens is 181 g/mol. The molecule has 0 heterocycles. The van der Waals surface area contributed by atoms with Gasteiger partial charge < -0.3 is 0 Å². The van der Waals surface area contributed by atoms with Crippen LogP contribution in [0.25, 0.3) is 0 Å². The van der Waals surface area contributed by atoms with Gasteiger partial charge in [-0.05, 0) is 12.1 Å². The molecule has 0 N–H and O–H groups in total. The molecule has 0 saturated heterocycles. The van der Waals surface area contributed by atoms with Crippen molar-refractivity contribution in [3.63, 3.8) is 0 Å². The van der Waals surface area contributed by atoms with E-state index in [9.17, 15) is 8.39 Å². The maximum absolute atomic E-state index is 12.9. The third kappa shape index (κ3) is 1.90. The van der Waals surface area contributed by atoms with Crippen LogP contribution in [-0.2, 0) is 0 Å². The molecule has 0 aromatic heterocycles. The second-order valence-electron chi connectivity index (χ2n) is 2.02. The lowest BCUT2D eigenvalue weighted by Gasteiger charge is -2.00. The largest absolute Gasteiger partial charge is 0.336 e. The van der Waals surface area contributed by atoms with Crippen LogP contribution < -0.4 is 5.30 Å². The van der Waals surface area contributed by atoms with Crippen molar-refractivity contribution in [3.8, 4) is 6.19 Å². The van der Waals surface area contributed by atoms with Gasteiger partial charge in [-0.3, -0.25) is 0 Å². The zero-order valence-corrected chi connectivity index (χ0v) is 6.88. The molecule has 1 aromatic carbocycles. The quantitative estimate of drug-likeness (QED) is 0.490. The molecule has 0 spiro atoms. The molecule has 1 aromatic rings. The first-order valence-corrected chi connectivity index (χ1v) is 4.64. The van der Waals surface area contributed by atoms with Gasteiger partial charge in [0, 0.05) is 0 Å². The highest BCUT2D eigenvalue weighted by Crippen LogP contribution is 2.51. The smallest absolute Gasteiger partial charge is 0.170 e. The molecular formula is C7H5F2N2P. The lowest BCUT2D eigenvalue weighted by Crippen LogP contribution is -1.95. The standard InChI is InChI=1S/C7H5F2N2P/c8-12(9,11-6-10)7-4-2-1-3-5-7/h1-5H. The number of nitrogens with zero attached hydrogens (tertiary/aromatic N) is 2. The van der Waals surface area contributed by atoms with E-state index in [0.29, 0.717) is 0 Å². The molecule has 62 valence electrons. The molecule has 2 nitrogen and oxygen atoms in total. The van der Waals surface area contributed by atoms with Crippen molar-refractivity contribution >= 4 is 13.0 Å². The average Bonchev–Trinajstić information content (AvgIpc) is 2.06. The van der Waals surface area contributed by atoms with E-state index in [1.165, 1.54) is 24.3 Å². The Kier molecular flexibility index (Phi) is 2.57. The predicted molar refractivity (Wildman–Crippen MR) is 43.3 cm³/mol. The summed E-state index contributed by atoms with van der Waals surface area (Å²) in [4.78, 5) is 0. The average molecular weight is 186 g/mol. The Morgan fingerprint density at radius 1 is 1.25 bits per heavy atom.